The zero-order chi connectivity index (χ0) is 16.8. The van der Waals surface area contributed by atoms with E-state index in [2.05, 4.69) is 11.1 Å². The van der Waals surface area contributed by atoms with Crippen molar-refractivity contribution >= 4 is 5.97 Å². The maximum atomic E-state index is 11.6. The molecule has 0 saturated heterocycles. The van der Waals surface area contributed by atoms with Crippen LogP contribution in [0, 0.1) is 11.8 Å². The average Bonchev–Trinajstić information content (AvgIpc) is 3.13. The van der Waals surface area contributed by atoms with E-state index < -0.39 is 0 Å². The Morgan fingerprint density at radius 2 is 2.00 bits per heavy atom. The van der Waals surface area contributed by atoms with Crippen molar-refractivity contribution < 1.29 is 14.3 Å². The first-order valence-corrected chi connectivity index (χ1v) is 9.43. The van der Waals surface area contributed by atoms with Crippen molar-refractivity contribution in [3.8, 4) is 5.88 Å². The third-order valence-electron chi connectivity index (χ3n) is 5.70. The summed E-state index contributed by atoms with van der Waals surface area (Å²) in [6.07, 6.45) is 12.8. The molecule has 2 aliphatic carbocycles. The Labute approximate surface area is 145 Å². The molecule has 1 heterocycles. The summed E-state index contributed by atoms with van der Waals surface area (Å²) in [5, 5.41) is 0. The lowest BCUT2D eigenvalue weighted by molar-refractivity contribution is -0.145. The first-order valence-electron chi connectivity index (χ1n) is 9.43. The number of rotatable bonds is 6. The van der Waals surface area contributed by atoms with Crippen LogP contribution in [0.4, 0.5) is 0 Å². The summed E-state index contributed by atoms with van der Waals surface area (Å²) in [4.78, 5) is 16.1. The molecule has 2 aliphatic rings. The van der Waals surface area contributed by atoms with Gasteiger partial charge in [-0.3, -0.25) is 4.79 Å². The monoisotopic (exact) mass is 331 g/mol. The maximum absolute atomic E-state index is 11.6. The molecule has 3 rings (SSSR count). The van der Waals surface area contributed by atoms with Gasteiger partial charge in [-0.1, -0.05) is 38.2 Å². The minimum Gasteiger partial charge on any atom is -0.478 e. The van der Waals surface area contributed by atoms with Crippen LogP contribution in [-0.2, 0) is 9.53 Å². The molecular formula is C20H29NO3. The summed E-state index contributed by atoms with van der Waals surface area (Å²) >= 11 is 0. The molecule has 4 nitrogen and oxygen atoms in total. The van der Waals surface area contributed by atoms with E-state index in [4.69, 9.17) is 9.47 Å². The minimum absolute atomic E-state index is 0.0476. The van der Waals surface area contributed by atoms with Crippen molar-refractivity contribution in [2.75, 3.05) is 13.7 Å². The number of nitrogens with zero attached hydrogens (tertiary/aromatic N) is 1. The molecule has 0 radical (unpaired) electrons. The minimum atomic E-state index is -0.0758. The van der Waals surface area contributed by atoms with Gasteiger partial charge >= 0.3 is 5.97 Å². The largest absolute Gasteiger partial charge is 0.478 e. The van der Waals surface area contributed by atoms with E-state index in [-0.39, 0.29) is 11.9 Å². The predicted molar refractivity (Wildman–Crippen MR) is 93.0 cm³/mol. The van der Waals surface area contributed by atoms with Crippen LogP contribution in [0.2, 0.25) is 0 Å². The van der Waals surface area contributed by atoms with Crippen molar-refractivity contribution in [3.63, 3.8) is 0 Å². The Morgan fingerprint density at radius 1 is 1.17 bits per heavy atom. The molecule has 0 N–H and O–H groups in total. The summed E-state index contributed by atoms with van der Waals surface area (Å²) in [5.74, 6) is 1.95. The third-order valence-corrected chi connectivity index (χ3v) is 5.70. The van der Waals surface area contributed by atoms with Crippen LogP contribution in [0.1, 0.15) is 69.3 Å². The van der Waals surface area contributed by atoms with E-state index in [1.807, 2.05) is 12.3 Å². The molecule has 2 saturated carbocycles. The lowest BCUT2D eigenvalue weighted by Crippen LogP contribution is -2.12. The molecule has 2 atom stereocenters. The molecule has 132 valence electrons. The topological polar surface area (TPSA) is 48.4 Å². The highest BCUT2D eigenvalue weighted by Crippen LogP contribution is 2.38. The van der Waals surface area contributed by atoms with Gasteiger partial charge in [0, 0.05) is 12.3 Å². The molecular weight excluding hydrogens is 302 g/mol. The van der Waals surface area contributed by atoms with Crippen LogP contribution < -0.4 is 4.74 Å². The summed E-state index contributed by atoms with van der Waals surface area (Å²) in [6.45, 7) is 0.769. The fraction of sp³-hybridized carbons (Fsp3) is 0.700. The molecule has 0 bridgehead atoms. The molecule has 24 heavy (non-hydrogen) atoms. The lowest BCUT2D eigenvalue weighted by atomic mass is 9.87. The molecule has 1 aromatic rings. The first kappa shape index (κ1) is 17.2. The van der Waals surface area contributed by atoms with Crippen LogP contribution in [-0.4, -0.2) is 24.7 Å². The third kappa shape index (κ3) is 4.49. The lowest BCUT2D eigenvalue weighted by Gasteiger charge is -2.21. The van der Waals surface area contributed by atoms with Gasteiger partial charge in [-0.2, -0.15) is 0 Å². The zero-order valence-corrected chi connectivity index (χ0v) is 14.7. The second-order valence-electron chi connectivity index (χ2n) is 7.30. The predicted octanol–water partition coefficient (Wildman–Crippen LogP) is 4.49. The number of hydrogen-bond donors (Lipinski definition) is 0. The quantitative estimate of drug-likeness (QED) is 0.721. The van der Waals surface area contributed by atoms with Gasteiger partial charge in [0.2, 0.25) is 5.88 Å². The van der Waals surface area contributed by atoms with E-state index >= 15 is 0 Å². The zero-order valence-electron chi connectivity index (χ0n) is 14.7. The molecule has 4 heteroatoms. The summed E-state index contributed by atoms with van der Waals surface area (Å²) in [6, 6.07) is 4.08. The molecule has 1 aromatic heterocycles. The fourth-order valence-electron chi connectivity index (χ4n) is 4.19. The number of carbonyl (C=O) groups excluding carboxylic acids is 1. The number of pyridine rings is 1. The number of aromatic nitrogens is 1. The molecule has 2 unspecified atom stereocenters. The SMILES string of the molecule is COC(=O)C1CCC(c2ccc(OCCC3CCCCC3)nc2)C1. The van der Waals surface area contributed by atoms with E-state index in [0.29, 0.717) is 5.92 Å². The Bertz CT molecular complexity index is 522. The van der Waals surface area contributed by atoms with Gasteiger partial charge in [0.25, 0.3) is 0 Å². The van der Waals surface area contributed by atoms with Crippen LogP contribution in [0.3, 0.4) is 0 Å². The van der Waals surface area contributed by atoms with Gasteiger partial charge in [0.15, 0.2) is 0 Å². The normalized spacial score (nSPS) is 24.7. The van der Waals surface area contributed by atoms with E-state index in [1.54, 1.807) is 0 Å². The summed E-state index contributed by atoms with van der Waals surface area (Å²) in [5.41, 5.74) is 1.21. The second kappa shape index (κ2) is 8.50. The van der Waals surface area contributed by atoms with Crippen LogP contribution in [0.25, 0.3) is 0 Å². The highest BCUT2D eigenvalue weighted by Gasteiger charge is 2.31. The van der Waals surface area contributed by atoms with E-state index in [9.17, 15) is 4.79 Å². The van der Waals surface area contributed by atoms with Gasteiger partial charge in [-0.25, -0.2) is 4.98 Å². The number of hydrogen-bond acceptors (Lipinski definition) is 4. The van der Waals surface area contributed by atoms with Gasteiger partial charge in [-0.05, 0) is 43.1 Å². The molecule has 0 amide bonds. The number of carbonyl (C=O) groups is 1. The van der Waals surface area contributed by atoms with Crippen molar-refractivity contribution in [2.45, 2.75) is 63.7 Å². The van der Waals surface area contributed by atoms with Gasteiger partial charge in [0.05, 0.1) is 19.6 Å². The summed E-state index contributed by atoms with van der Waals surface area (Å²) < 4.78 is 10.7. The standard InChI is InChI=1S/C20H29NO3/c1-23-20(22)17-8-7-16(13-17)18-9-10-19(21-14-18)24-12-11-15-5-3-2-4-6-15/h9-10,14-17H,2-8,11-13H2,1H3. The van der Waals surface area contributed by atoms with Gasteiger partial charge < -0.3 is 9.47 Å². The van der Waals surface area contributed by atoms with E-state index in [0.717, 1.165) is 44.1 Å². The molecule has 0 aromatic carbocycles. The van der Waals surface area contributed by atoms with Crippen LogP contribution >= 0.6 is 0 Å². The number of methoxy groups -OCH3 is 1. The summed E-state index contributed by atoms with van der Waals surface area (Å²) in [7, 11) is 1.47. The van der Waals surface area contributed by atoms with Crippen LogP contribution in [0.5, 0.6) is 5.88 Å². The molecule has 0 spiro atoms. The van der Waals surface area contributed by atoms with Crippen molar-refractivity contribution in [3.05, 3.63) is 23.9 Å². The maximum Gasteiger partial charge on any atom is 0.308 e. The Kier molecular flexibility index (Phi) is 6.11. The van der Waals surface area contributed by atoms with Crippen molar-refractivity contribution in [1.82, 2.24) is 4.98 Å². The Balaban J connectivity index is 1.44. The Morgan fingerprint density at radius 3 is 2.71 bits per heavy atom. The highest BCUT2D eigenvalue weighted by molar-refractivity contribution is 5.72. The number of esters is 1. The molecule has 2 fully saturated rings. The average molecular weight is 331 g/mol. The fourth-order valence-corrected chi connectivity index (χ4v) is 4.19. The van der Waals surface area contributed by atoms with Crippen LogP contribution in [0.15, 0.2) is 18.3 Å². The second-order valence-corrected chi connectivity index (χ2v) is 7.30. The van der Waals surface area contributed by atoms with Gasteiger partial charge in [-0.15, -0.1) is 0 Å². The van der Waals surface area contributed by atoms with Crippen molar-refractivity contribution in [2.24, 2.45) is 11.8 Å². The highest BCUT2D eigenvalue weighted by atomic mass is 16.5. The van der Waals surface area contributed by atoms with Gasteiger partial charge in [0.1, 0.15) is 0 Å². The Hall–Kier alpha value is -1.58. The smallest absolute Gasteiger partial charge is 0.308 e. The molecule has 0 aliphatic heterocycles. The first-order chi connectivity index (χ1) is 11.8. The van der Waals surface area contributed by atoms with E-state index in [1.165, 1.54) is 44.8 Å². The van der Waals surface area contributed by atoms with Crippen molar-refractivity contribution in [1.29, 1.82) is 0 Å². The number of ether oxygens (including phenoxy) is 2.